The predicted octanol–water partition coefficient (Wildman–Crippen LogP) is 2.88. The molecule has 2 atom stereocenters. The SMILES string of the molecule is CC(C)n1ncc2c(=O)[nH]c([C@@H]3CN(Cc4ccnc5ncccc45)C[C@H]3C)nc21. The maximum absolute atomic E-state index is 12.6. The first kappa shape index (κ1) is 18.9. The lowest BCUT2D eigenvalue weighted by Crippen LogP contribution is -2.22. The monoisotopic (exact) mass is 403 g/mol. The average Bonchev–Trinajstić information content (AvgIpc) is 3.32. The topological polar surface area (TPSA) is 92.6 Å². The first-order valence-corrected chi connectivity index (χ1v) is 10.4. The fourth-order valence-corrected chi connectivity index (χ4v) is 4.48. The van der Waals surface area contributed by atoms with E-state index in [1.807, 2.05) is 30.8 Å². The molecule has 1 saturated heterocycles. The minimum absolute atomic E-state index is 0.112. The Hall–Kier alpha value is -3.13. The van der Waals surface area contributed by atoms with Crippen LogP contribution in [0.3, 0.4) is 0 Å². The fraction of sp³-hybridized carbons (Fsp3) is 0.409. The summed E-state index contributed by atoms with van der Waals surface area (Å²) in [5.74, 6) is 1.31. The summed E-state index contributed by atoms with van der Waals surface area (Å²) < 4.78 is 1.82. The number of rotatable bonds is 4. The van der Waals surface area contributed by atoms with Crippen molar-refractivity contribution in [2.75, 3.05) is 13.1 Å². The van der Waals surface area contributed by atoms with Crippen LogP contribution < -0.4 is 5.56 Å². The Morgan fingerprint density at radius 2 is 2.00 bits per heavy atom. The largest absolute Gasteiger partial charge is 0.310 e. The van der Waals surface area contributed by atoms with Gasteiger partial charge in [0.25, 0.3) is 5.56 Å². The van der Waals surface area contributed by atoms with Gasteiger partial charge < -0.3 is 4.98 Å². The predicted molar refractivity (Wildman–Crippen MR) is 115 cm³/mol. The molecule has 8 nitrogen and oxygen atoms in total. The van der Waals surface area contributed by atoms with Gasteiger partial charge in [-0.3, -0.25) is 9.69 Å². The van der Waals surface area contributed by atoms with Gasteiger partial charge in [-0.25, -0.2) is 19.6 Å². The molecule has 0 saturated carbocycles. The molecule has 0 spiro atoms. The molecule has 0 amide bonds. The number of aromatic amines is 1. The lowest BCUT2D eigenvalue weighted by atomic mass is 9.97. The van der Waals surface area contributed by atoms with Crippen LogP contribution in [0.5, 0.6) is 0 Å². The van der Waals surface area contributed by atoms with Crippen LogP contribution in [0, 0.1) is 5.92 Å². The Morgan fingerprint density at radius 1 is 1.17 bits per heavy atom. The standard InChI is InChI=1S/C22H25N7O/c1-13(2)29-21-17(9-25-29)22(30)27-20(26-21)18-12-28(10-14(18)3)11-15-6-8-24-19-16(15)5-4-7-23-19/h4-9,13-14,18H,10-12H2,1-3H3,(H,26,27,30)/t14-,18-/m1/s1. The summed E-state index contributed by atoms with van der Waals surface area (Å²) in [5.41, 5.74) is 2.55. The molecule has 0 radical (unpaired) electrons. The normalized spacial score (nSPS) is 20.0. The Balaban J connectivity index is 1.44. The lowest BCUT2D eigenvalue weighted by molar-refractivity contribution is 0.319. The summed E-state index contributed by atoms with van der Waals surface area (Å²) in [6, 6.07) is 6.23. The number of pyridine rings is 2. The van der Waals surface area contributed by atoms with Crippen LogP contribution in [0.15, 0.2) is 41.6 Å². The second kappa shape index (κ2) is 7.28. The van der Waals surface area contributed by atoms with Crippen LogP contribution in [0.1, 0.15) is 44.1 Å². The van der Waals surface area contributed by atoms with E-state index < -0.39 is 0 Å². The third kappa shape index (κ3) is 3.17. The Morgan fingerprint density at radius 3 is 2.83 bits per heavy atom. The molecule has 0 aliphatic carbocycles. The van der Waals surface area contributed by atoms with E-state index in [2.05, 4.69) is 44.0 Å². The molecule has 0 unspecified atom stereocenters. The Labute approximate surface area is 174 Å². The number of nitrogens with zero attached hydrogens (tertiary/aromatic N) is 6. The Bertz CT molecular complexity index is 1270. The van der Waals surface area contributed by atoms with E-state index in [0.717, 1.165) is 36.5 Å². The second-order valence-electron chi connectivity index (χ2n) is 8.49. The molecular formula is C22H25N7O. The molecule has 0 bridgehead atoms. The molecule has 1 N–H and O–H groups in total. The van der Waals surface area contributed by atoms with Crippen LogP contribution in [0.2, 0.25) is 0 Å². The van der Waals surface area contributed by atoms with Crippen molar-refractivity contribution in [1.82, 2.24) is 34.6 Å². The first-order chi connectivity index (χ1) is 14.5. The van der Waals surface area contributed by atoms with Gasteiger partial charge in [0.05, 0.1) is 6.20 Å². The van der Waals surface area contributed by atoms with E-state index in [0.29, 0.717) is 17.0 Å². The molecule has 5 rings (SSSR count). The third-order valence-corrected chi connectivity index (χ3v) is 6.01. The highest BCUT2D eigenvalue weighted by molar-refractivity contribution is 5.78. The average molecular weight is 403 g/mol. The van der Waals surface area contributed by atoms with Crippen LogP contribution in [-0.4, -0.2) is 47.7 Å². The van der Waals surface area contributed by atoms with Crippen molar-refractivity contribution >= 4 is 22.1 Å². The highest BCUT2D eigenvalue weighted by Gasteiger charge is 2.33. The van der Waals surface area contributed by atoms with Crippen LogP contribution >= 0.6 is 0 Å². The summed E-state index contributed by atoms with van der Waals surface area (Å²) in [6.45, 7) is 8.92. The van der Waals surface area contributed by atoms with Gasteiger partial charge in [0, 0.05) is 49.4 Å². The van der Waals surface area contributed by atoms with Gasteiger partial charge in [-0.1, -0.05) is 6.92 Å². The maximum Gasteiger partial charge on any atom is 0.262 e. The van der Waals surface area contributed by atoms with Crippen molar-refractivity contribution in [3.05, 3.63) is 58.5 Å². The highest BCUT2D eigenvalue weighted by Crippen LogP contribution is 2.32. The quantitative estimate of drug-likeness (QED) is 0.563. The number of nitrogens with one attached hydrogen (secondary N) is 1. The van der Waals surface area contributed by atoms with E-state index in [1.54, 1.807) is 12.4 Å². The van der Waals surface area contributed by atoms with Gasteiger partial charge in [-0.05, 0) is 43.5 Å². The van der Waals surface area contributed by atoms with Crippen LogP contribution in [0.25, 0.3) is 22.1 Å². The smallest absolute Gasteiger partial charge is 0.262 e. The van der Waals surface area contributed by atoms with E-state index >= 15 is 0 Å². The highest BCUT2D eigenvalue weighted by atomic mass is 16.1. The molecule has 5 heterocycles. The number of hydrogen-bond donors (Lipinski definition) is 1. The number of fused-ring (bicyclic) bond motifs is 2. The molecule has 30 heavy (non-hydrogen) atoms. The number of likely N-dealkylation sites (tertiary alicyclic amines) is 1. The summed E-state index contributed by atoms with van der Waals surface area (Å²) in [4.78, 5) is 31.6. The molecule has 154 valence electrons. The molecule has 0 aromatic carbocycles. The zero-order valence-electron chi connectivity index (χ0n) is 17.4. The van der Waals surface area contributed by atoms with Gasteiger partial charge in [0.1, 0.15) is 11.2 Å². The van der Waals surface area contributed by atoms with Crippen molar-refractivity contribution in [3.8, 4) is 0 Å². The summed E-state index contributed by atoms with van der Waals surface area (Å²) >= 11 is 0. The third-order valence-electron chi connectivity index (χ3n) is 6.01. The Kier molecular flexibility index (Phi) is 4.58. The van der Waals surface area contributed by atoms with Gasteiger partial charge >= 0.3 is 0 Å². The number of aromatic nitrogens is 6. The molecule has 4 aromatic heterocycles. The van der Waals surface area contributed by atoms with Crippen LogP contribution in [-0.2, 0) is 6.54 Å². The summed E-state index contributed by atoms with van der Waals surface area (Å²) in [7, 11) is 0. The second-order valence-corrected chi connectivity index (χ2v) is 8.49. The van der Waals surface area contributed by atoms with Gasteiger partial charge in [0.15, 0.2) is 11.3 Å². The van der Waals surface area contributed by atoms with E-state index in [9.17, 15) is 4.79 Å². The fourth-order valence-electron chi connectivity index (χ4n) is 4.48. The molecule has 1 fully saturated rings. The molecule has 1 aliphatic heterocycles. The number of H-pyrrole nitrogens is 1. The van der Waals surface area contributed by atoms with Crippen molar-refractivity contribution in [2.24, 2.45) is 5.92 Å². The van der Waals surface area contributed by atoms with Crippen molar-refractivity contribution in [3.63, 3.8) is 0 Å². The zero-order valence-corrected chi connectivity index (χ0v) is 17.4. The molecule has 1 aliphatic rings. The lowest BCUT2D eigenvalue weighted by Gasteiger charge is -2.17. The van der Waals surface area contributed by atoms with Crippen molar-refractivity contribution in [1.29, 1.82) is 0 Å². The molecular weight excluding hydrogens is 378 g/mol. The van der Waals surface area contributed by atoms with Crippen LogP contribution in [0.4, 0.5) is 0 Å². The van der Waals surface area contributed by atoms with Gasteiger partial charge in [0.2, 0.25) is 0 Å². The zero-order chi connectivity index (χ0) is 20.8. The van der Waals surface area contributed by atoms with Gasteiger partial charge in [-0.15, -0.1) is 0 Å². The minimum Gasteiger partial charge on any atom is -0.310 e. The van der Waals surface area contributed by atoms with Crippen molar-refractivity contribution in [2.45, 2.75) is 39.3 Å². The van der Waals surface area contributed by atoms with Crippen molar-refractivity contribution < 1.29 is 0 Å². The summed E-state index contributed by atoms with van der Waals surface area (Å²) in [6.07, 6.45) is 5.20. The molecule has 8 heteroatoms. The van der Waals surface area contributed by atoms with E-state index in [-0.39, 0.29) is 17.5 Å². The minimum atomic E-state index is -0.112. The first-order valence-electron chi connectivity index (χ1n) is 10.4. The maximum atomic E-state index is 12.6. The molecule has 4 aromatic rings. The van der Waals surface area contributed by atoms with E-state index in [4.69, 9.17) is 4.98 Å². The number of hydrogen-bond acceptors (Lipinski definition) is 6. The van der Waals surface area contributed by atoms with Gasteiger partial charge in [-0.2, -0.15) is 5.10 Å². The summed E-state index contributed by atoms with van der Waals surface area (Å²) in [5, 5.41) is 5.99. The van der Waals surface area contributed by atoms with E-state index in [1.165, 1.54) is 5.56 Å².